The molecule has 0 spiro atoms. The SMILES string of the molecule is O=C(Cc1ccc(Br)cc1)Nc1cncc(Cl)n1. The Morgan fingerprint density at radius 3 is 2.67 bits per heavy atom. The van der Waals surface area contributed by atoms with Crippen molar-refractivity contribution in [1.82, 2.24) is 9.97 Å². The number of hydrogen-bond donors (Lipinski definition) is 1. The number of aromatic nitrogens is 2. The molecule has 1 heterocycles. The third kappa shape index (κ3) is 3.78. The first-order valence-electron chi connectivity index (χ1n) is 5.15. The summed E-state index contributed by atoms with van der Waals surface area (Å²) in [7, 11) is 0. The number of rotatable bonds is 3. The van der Waals surface area contributed by atoms with E-state index < -0.39 is 0 Å². The van der Waals surface area contributed by atoms with E-state index in [2.05, 4.69) is 31.2 Å². The van der Waals surface area contributed by atoms with Gasteiger partial charge < -0.3 is 5.32 Å². The largest absolute Gasteiger partial charge is 0.309 e. The van der Waals surface area contributed by atoms with Crippen LogP contribution in [0, 0.1) is 0 Å². The van der Waals surface area contributed by atoms with Crippen LogP contribution in [-0.4, -0.2) is 15.9 Å². The van der Waals surface area contributed by atoms with E-state index >= 15 is 0 Å². The molecule has 0 atom stereocenters. The average Bonchev–Trinajstić information content (AvgIpc) is 2.32. The number of amides is 1. The molecule has 0 aliphatic heterocycles. The predicted octanol–water partition coefficient (Wildman–Crippen LogP) is 3.07. The van der Waals surface area contributed by atoms with Gasteiger partial charge in [-0.25, -0.2) is 4.98 Å². The van der Waals surface area contributed by atoms with Gasteiger partial charge in [0.15, 0.2) is 5.82 Å². The van der Waals surface area contributed by atoms with Crippen molar-refractivity contribution >= 4 is 39.3 Å². The van der Waals surface area contributed by atoms with Gasteiger partial charge in [-0.15, -0.1) is 0 Å². The molecular weight excluding hydrogens is 318 g/mol. The topological polar surface area (TPSA) is 54.9 Å². The van der Waals surface area contributed by atoms with E-state index in [4.69, 9.17) is 11.6 Å². The highest BCUT2D eigenvalue weighted by Crippen LogP contribution is 2.12. The second-order valence-corrected chi connectivity index (χ2v) is 4.88. The molecule has 0 aliphatic rings. The van der Waals surface area contributed by atoms with Crippen LogP contribution >= 0.6 is 27.5 Å². The molecule has 6 heteroatoms. The minimum atomic E-state index is -0.158. The summed E-state index contributed by atoms with van der Waals surface area (Å²) in [6.07, 6.45) is 3.14. The molecular formula is C12H9BrClN3O. The lowest BCUT2D eigenvalue weighted by atomic mass is 10.1. The summed E-state index contributed by atoms with van der Waals surface area (Å²) in [5.74, 6) is 0.193. The molecule has 0 saturated heterocycles. The summed E-state index contributed by atoms with van der Waals surface area (Å²) in [4.78, 5) is 19.5. The van der Waals surface area contributed by atoms with Crippen LogP contribution in [0.3, 0.4) is 0 Å². The number of benzene rings is 1. The lowest BCUT2D eigenvalue weighted by Gasteiger charge is -2.04. The lowest BCUT2D eigenvalue weighted by molar-refractivity contribution is -0.115. The molecule has 0 bridgehead atoms. The molecule has 0 saturated carbocycles. The molecule has 1 amide bonds. The van der Waals surface area contributed by atoms with E-state index in [1.54, 1.807) is 0 Å². The van der Waals surface area contributed by atoms with Crippen LogP contribution in [0.1, 0.15) is 5.56 Å². The van der Waals surface area contributed by atoms with Gasteiger partial charge in [-0.2, -0.15) is 0 Å². The van der Waals surface area contributed by atoms with Gasteiger partial charge in [-0.3, -0.25) is 9.78 Å². The Labute approximate surface area is 118 Å². The zero-order valence-electron chi connectivity index (χ0n) is 9.23. The Hall–Kier alpha value is -1.46. The highest BCUT2D eigenvalue weighted by molar-refractivity contribution is 9.10. The number of carbonyl (C=O) groups excluding carboxylic acids is 1. The molecule has 92 valence electrons. The van der Waals surface area contributed by atoms with Gasteiger partial charge >= 0.3 is 0 Å². The fourth-order valence-electron chi connectivity index (χ4n) is 1.38. The van der Waals surface area contributed by atoms with Crippen molar-refractivity contribution in [2.75, 3.05) is 5.32 Å². The van der Waals surface area contributed by atoms with Crippen molar-refractivity contribution in [2.45, 2.75) is 6.42 Å². The van der Waals surface area contributed by atoms with Gasteiger partial charge in [0.25, 0.3) is 0 Å². The maximum Gasteiger partial charge on any atom is 0.229 e. The van der Waals surface area contributed by atoms with Gasteiger partial charge in [0, 0.05) is 4.47 Å². The number of nitrogens with one attached hydrogen (secondary N) is 1. The molecule has 2 aromatic rings. The number of nitrogens with zero attached hydrogens (tertiary/aromatic N) is 2. The highest BCUT2D eigenvalue weighted by Gasteiger charge is 2.05. The summed E-state index contributed by atoms with van der Waals surface area (Å²) < 4.78 is 0.979. The second kappa shape index (κ2) is 5.93. The fraction of sp³-hybridized carbons (Fsp3) is 0.0833. The lowest BCUT2D eigenvalue weighted by Crippen LogP contribution is -2.15. The average molecular weight is 327 g/mol. The Bertz CT molecular complexity index is 560. The number of anilines is 1. The zero-order valence-corrected chi connectivity index (χ0v) is 11.6. The quantitative estimate of drug-likeness (QED) is 0.943. The predicted molar refractivity (Wildman–Crippen MR) is 73.5 cm³/mol. The Balaban J connectivity index is 1.98. The zero-order chi connectivity index (χ0) is 13.0. The van der Waals surface area contributed by atoms with E-state index in [0.29, 0.717) is 5.82 Å². The Morgan fingerprint density at radius 2 is 2.00 bits per heavy atom. The maximum absolute atomic E-state index is 11.7. The monoisotopic (exact) mass is 325 g/mol. The number of carbonyl (C=O) groups is 1. The van der Waals surface area contributed by atoms with Crippen LogP contribution in [0.15, 0.2) is 41.1 Å². The summed E-state index contributed by atoms with van der Waals surface area (Å²) in [6.45, 7) is 0. The standard InChI is InChI=1S/C12H9BrClN3O/c13-9-3-1-8(2-4-9)5-12(18)17-11-7-15-6-10(14)16-11/h1-4,6-7H,5H2,(H,16,17,18). The minimum Gasteiger partial charge on any atom is -0.309 e. The van der Waals surface area contributed by atoms with Crippen LogP contribution in [0.25, 0.3) is 0 Å². The van der Waals surface area contributed by atoms with Crippen LogP contribution in [0.5, 0.6) is 0 Å². The summed E-state index contributed by atoms with van der Waals surface area (Å²) in [5.41, 5.74) is 0.922. The van der Waals surface area contributed by atoms with Crippen molar-refractivity contribution in [2.24, 2.45) is 0 Å². The van der Waals surface area contributed by atoms with Gasteiger partial charge in [-0.1, -0.05) is 39.7 Å². The molecule has 1 aromatic heterocycles. The molecule has 0 aliphatic carbocycles. The van der Waals surface area contributed by atoms with Gasteiger partial charge in [-0.05, 0) is 17.7 Å². The molecule has 0 fully saturated rings. The first-order valence-corrected chi connectivity index (χ1v) is 6.32. The fourth-order valence-corrected chi connectivity index (χ4v) is 1.79. The van der Waals surface area contributed by atoms with E-state index in [1.165, 1.54) is 12.4 Å². The van der Waals surface area contributed by atoms with E-state index in [9.17, 15) is 4.79 Å². The first-order chi connectivity index (χ1) is 8.63. The van der Waals surface area contributed by atoms with E-state index in [-0.39, 0.29) is 17.5 Å². The smallest absolute Gasteiger partial charge is 0.229 e. The molecule has 0 radical (unpaired) electrons. The van der Waals surface area contributed by atoms with Crippen molar-refractivity contribution < 1.29 is 4.79 Å². The molecule has 2 rings (SSSR count). The van der Waals surface area contributed by atoms with E-state index in [0.717, 1.165) is 10.0 Å². The molecule has 18 heavy (non-hydrogen) atoms. The van der Waals surface area contributed by atoms with Gasteiger partial charge in [0.1, 0.15) is 5.15 Å². The summed E-state index contributed by atoms with van der Waals surface area (Å²) in [5, 5.41) is 2.88. The normalized spacial score (nSPS) is 10.1. The summed E-state index contributed by atoms with van der Waals surface area (Å²) in [6, 6.07) is 7.55. The second-order valence-electron chi connectivity index (χ2n) is 3.58. The van der Waals surface area contributed by atoms with Crippen LogP contribution in [-0.2, 0) is 11.2 Å². The Morgan fingerprint density at radius 1 is 1.28 bits per heavy atom. The van der Waals surface area contributed by atoms with Crippen LogP contribution in [0.2, 0.25) is 5.15 Å². The number of halogens is 2. The van der Waals surface area contributed by atoms with E-state index in [1.807, 2.05) is 24.3 Å². The maximum atomic E-state index is 11.7. The molecule has 1 aromatic carbocycles. The third-order valence-corrected chi connectivity index (χ3v) is 2.86. The van der Waals surface area contributed by atoms with Crippen LogP contribution in [0.4, 0.5) is 5.82 Å². The highest BCUT2D eigenvalue weighted by atomic mass is 79.9. The van der Waals surface area contributed by atoms with Crippen molar-refractivity contribution in [3.63, 3.8) is 0 Å². The van der Waals surface area contributed by atoms with Crippen LogP contribution < -0.4 is 5.32 Å². The molecule has 4 nitrogen and oxygen atoms in total. The van der Waals surface area contributed by atoms with Gasteiger partial charge in [0.05, 0.1) is 18.8 Å². The first kappa shape index (κ1) is 13.0. The minimum absolute atomic E-state index is 0.158. The molecule has 1 N–H and O–H groups in total. The molecule has 0 unspecified atom stereocenters. The number of hydrogen-bond acceptors (Lipinski definition) is 3. The van der Waals surface area contributed by atoms with Crippen molar-refractivity contribution in [1.29, 1.82) is 0 Å². The van der Waals surface area contributed by atoms with Gasteiger partial charge in [0.2, 0.25) is 5.91 Å². The summed E-state index contributed by atoms with van der Waals surface area (Å²) >= 11 is 9.02. The van der Waals surface area contributed by atoms with Crippen molar-refractivity contribution in [3.8, 4) is 0 Å². The Kier molecular flexibility index (Phi) is 4.28. The third-order valence-electron chi connectivity index (χ3n) is 2.15. The van der Waals surface area contributed by atoms with Crippen molar-refractivity contribution in [3.05, 3.63) is 51.8 Å².